The molecule has 4 heterocycles. The normalized spacial score (nSPS) is 14.0. The number of nitrogens with zero attached hydrogens (tertiary/aromatic N) is 5. The third-order valence-electron chi connectivity index (χ3n) is 4.81. The maximum atomic E-state index is 13.0. The van der Waals surface area contributed by atoms with Gasteiger partial charge < -0.3 is 0 Å². The number of hydrogen-bond acceptors (Lipinski definition) is 7. The maximum Gasteiger partial charge on any atom is 0.262 e. The van der Waals surface area contributed by atoms with Gasteiger partial charge in [0.25, 0.3) is 5.91 Å². The van der Waals surface area contributed by atoms with E-state index in [1.165, 1.54) is 17.3 Å². The molecule has 0 saturated heterocycles. The smallest absolute Gasteiger partial charge is 0.262 e. The summed E-state index contributed by atoms with van der Waals surface area (Å²) in [6.07, 6.45) is 5.94. The lowest BCUT2D eigenvalue weighted by molar-refractivity contribution is 0.0978. The van der Waals surface area contributed by atoms with Gasteiger partial charge in [0.1, 0.15) is 5.82 Å². The SMILES string of the molecule is Cc1cnc(-c2cc(N3CCc4nc(S(C)(=O)=O)ncc4C3=O)ncc2Cl)c(C)c1. The number of sulfone groups is 1. The van der Waals surface area contributed by atoms with Gasteiger partial charge in [-0.15, -0.1) is 0 Å². The van der Waals surface area contributed by atoms with Gasteiger partial charge in [0, 0.05) is 43.4 Å². The first kappa shape index (κ1) is 20.4. The third kappa shape index (κ3) is 3.66. The number of aromatic nitrogens is 4. The molecule has 10 heteroatoms. The second kappa shape index (κ2) is 7.41. The van der Waals surface area contributed by atoms with E-state index in [9.17, 15) is 13.2 Å². The number of pyridine rings is 2. The first-order valence-corrected chi connectivity index (χ1v) is 11.4. The standard InChI is InChI=1S/C20H18ClN5O3S/c1-11-6-12(2)18(23-8-11)13-7-17(22-10-15(13)21)26-5-4-16-14(19(26)27)9-24-20(25-16)30(3,28)29/h6-10H,4-5H2,1-3H3. The van der Waals surface area contributed by atoms with E-state index in [0.717, 1.165) is 23.1 Å². The third-order valence-corrected chi connectivity index (χ3v) is 5.97. The van der Waals surface area contributed by atoms with Crippen molar-refractivity contribution >= 4 is 33.2 Å². The predicted molar refractivity (Wildman–Crippen MR) is 112 cm³/mol. The van der Waals surface area contributed by atoms with Crippen LogP contribution >= 0.6 is 11.6 Å². The van der Waals surface area contributed by atoms with Crippen LogP contribution in [0.1, 0.15) is 27.2 Å². The summed E-state index contributed by atoms with van der Waals surface area (Å²) in [5.74, 6) is 0.0877. The Morgan fingerprint density at radius 1 is 1.03 bits per heavy atom. The van der Waals surface area contributed by atoms with Crippen molar-refractivity contribution in [1.82, 2.24) is 19.9 Å². The topological polar surface area (TPSA) is 106 Å². The van der Waals surface area contributed by atoms with Crippen molar-refractivity contribution in [3.05, 3.63) is 58.1 Å². The Bertz CT molecular complexity index is 1290. The molecule has 0 bridgehead atoms. The largest absolute Gasteiger partial charge is 0.292 e. The number of carbonyl (C=O) groups is 1. The molecule has 0 atom stereocenters. The summed E-state index contributed by atoms with van der Waals surface area (Å²) in [5, 5.41) is 0.152. The Balaban J connectivity index is 1.73. The van der Waals surface area contributed by atoms with Gasteiger partial charge in [-0.05, 0) is 31.0 Å². The summed E-state index contributed by atoms with van der Waals surface area (Å²) in [4.78, 5) is 31.3. The second-order valence-corrected chi connectivity index (χ2v) is 9.51. The summed E-state index contributed by atoms with van der Waals surface area (Å²) in [5.41, 5.74) is 4.08. The van der Waals surface area contributed by atoms with Crippen LogP contribution in [0.5, 0.6) is 0 Å². The van der Waals surface area contributed by atoms with Gasteiger partial charge in [0.2, 0.25) is 15.0 Å². The van der Waals surface area contributed by atoms with Crippen LogP contribution in [-0.2, 0) is 16.3 Å². The molecule has 0 aromatic carbocycles. The quantitative estimate of drug-likeness (QED) is 0.573. The maximum absolute atomic E-state index is 13.0. The number of anilines is 1. The Hall–Kier alpha value is -2.91. The zero-order chi connectivity index (χ0) is 21.6. The lowest BCUT2D eigenvalue weighted by Crippen LogP contribution is -2.39. The molecule has 1 aliphatic rings. The van der Waals surface area contributed by atoms with Crippen molar-refractivity contribution in [2.24, 2.45) is 0 Å². The predicted octanol–water partition coefficient (Wildman–Crippen LogP) is 2.81. The minimum absolute atomic E-state index is 0.261. The monoisotopic (exact) mass is 443 g/mol. The molecule has 0 radical (unpaired) electrons. The highest BCUT2D eigenvalue weighted by Crippen LogP contribution is 2.32. The van der Waals surface area contributed by atoms with E-state index in [2.05, 4.69) is 19.9 Å². The molecule has 0 aliphatic carbocycles. The molecule has 0 spiro atoms. The lowest BCUT2D eigenvalue weighted by atomic mass is 10.0. The summed E-state index contributed by atoms with van der Waals surface area (Å²) in [7, 11) is -3.55. The van der Waals surface area contributed by atoms with Crippen molar-refractivity contribution in [2.75, 3.05) is 17.7 Å². The van der Waals surface area contributed by atoms with Gasteiger partial charge in [0.05, 0.1) is 22.0 Å². The molecule has 1 amide bonds. The van der Waals surface area contributed by atoms with Crippen LogP contribution in [-0.4, -0.2) is 47.1 Å². The molecule has 0 unspecified atom stereocenters. The Kier molecular flexibility index (Phi) is 5.03. The summed E-state index contributed by atoms with van der Waals surface area (Å²) in [6.45, 7) is 4.22. The highest BCUT2D eigenvalue weighted by molar-refractivity contribution is 7.90. The van der Waals surface area contributed by atoms with E-state index >= 15 is 0 Å². The van der Waals surface area contributed by atoms with Gasteiger partial charge in [0.15, 0.2) is 0 Å². The fourth-order valence-corrected chi connectivity index (χ4v) is 4.10. The van der Waals surface area contributed by atoms with Gasteiger partial charge in [-0.3, -0.25) is 14.7 Å². The van der Waals surface area contributed by atoms with E-state index in [4.69, 9.17) is 11.6 Å². The highest BCUT2D eigenvalue weighted by Gasteiger charge is 2.29. The number of fused-ring (bicyclic) bond motifs is 1. The number of aryl methyl sites for hydroxylation is 2. The highest BCUT2D eigenvalue weighted by atomic mass is 35.5. The molecule has 0 fully saturated rings. The molecule has 8 nitrogen and oxygen atoms in total. The fraction of sp³-hybridized carbons (Fsp3) is 0.250. The molecule has 4 rings (SSSR count). The summed E-state index contributed by atoms with van der Waals surface area (Å²) >= 11 is 6.38. The molecule has 30 heavy (non-hydrogen) atoms. The molecule has 0 saturated carbocycles. The molecular weight excluding hydrogens is 426 g/mol. The van der Waals surface area contributed by atoms with E-state index in [0.29, 0.717) is 35.1 Å². The molecule has 3 aromatic heterocycles. The minimum Gasteiger partial charge on any atom is -0.292 e. The number of amides is 1. The van der Waals surface area contributed by atoms with Crippen molar-refractivity contribution in [1.29, 1.82) is 0 Å². The Morgan fingerprint density at radius 2 is 1.80 bits per heavy atom. The van der Waals surface area contributed by atoms with Crippen molar-refractivity contribution in [3.63, 3.8) is 0 Å². The molecular formula is C20H18ClN5O3S. The average Bonchev–Trinajstić information content (AvgIpc) is 2.68. The first-order chi connectivity index (χ1) is 14.1. The second-order valence-electron chi connectivity index (χ2n) is 7.19. The van der Waals surface area contributed by atoms with E-state index in [1.807, 2.05) is 19.9 Å². The number of rotatable bonds is 3. The van der Waals surface area contributed by atoms with E-state index in [-0.39, 0.29) is 16.6 Å². The van der Waals surface area contributed by atoms with E-state index < -0.39 is 9.84 Å². The van der Waals surface area contributed by atoms with Crippen LogP contribution in [0.2, 0.25) is 5.02 Å². The summed E-state index contributed by atoms with van der Waals surface area (Å²) < 4.78 is 23.4. The zero-order valence-electron chi connectivity index (χ0n) is 16.5. The number of halogens is 1. The fourth-order valence-electron chi connectivity index (χ4n) is 3.38. The van der Waals surface area contributed by atoms with Crippen LogP contribution in [0.3, 0.4) is 0 Å². The molecule has 0 N–H and O–H groups in total. The van der Waals surface area contributed by atoms with Crippen LogP contribution in [0.25, 0.3) is 11.3 Å². The van der Waals surface area contributed by atoms with Crippen molar-refractivity contribution < 1.29 is 13.2 Å². The van der Waals surface area contributed by atoms with Gasteiger partial charge >= 0.3 is 0 Å². The molecule has 154 valence electrons. The van der Waals surface area contributed by atoms with Crippen LogP contribution < -0.4 is 4.90 Å². The number of hydrogen-bond donors (Lipinski definition) is 0. The van der Waals surface area contributed by atoms with Gasteiger partial charge in [-0.2, -0.15) is 0 Å². The van der Waals surface area contributed by atoms with E-state index in [1.54, 1.807) is 12.3 Å². The Morgan fingerprint density at radius 3 is 2.50 bits per heavy atom. The minimum atomic E-state index is -3.55. The zero-order valence-corrected chi connectivity index (χ0v) is 18.1. The van der Waals surface area contributed by atoms with Gasteiger partial charge in [-0.1, -0.05) is 17.7 Å². The Labute approximate surface area is 178 Å². The van der Waals surface area contributed by atoms with Crippen LogP contribution in [0.4, 0.5) is 5.82 Å². The average molecular weight is 444 g/mol. The lowest BCUT2D eigenvalue weighted by Gasteiger charge is -2.27. The van der Waals surface area contributed by atoms with Crippen molar-refractivity contribution in [3.8, 4) is 11.3 Å². The van der Waals surface area contributed by atoms with Crippen molar-refractivity contribution in [2.45, 2.75) is 25.4 Å². The number of carbonyl (C=O) groups excluding carboxylic acids is 1. The van der Waals surface area contributed by atoms with Crippen LogP contribution in [0.15, 0.2) is 35.9 Å². The summed E-state index contributed by atoms with van der Waals surface area (Å²) in [6, 6.07) is 3.75. The molecule has 1 aliphatic heterocycles. The first-order valence-electron chi connectivity index (χ1n) is 9.12. The van der Waals surface area contributed by atoms with Crippen LogP contribution in [0, 0.1) is 13.8 Å². The molecule has 3 aromatic rings. The van der Waals surface area contributed by atoms with Gasteiger partial charge in [-0.25, -0.2) is 23.4 Å².